The van der Waals surface area contributed by atoms with Gasteiger partial charge in [0.05, 0.1) is 0 Å². The van der Waals surface area contributed by atoms with Gasteiger partial charge in [-0.05, 0) is 13.0 Å². The van der Waals surface area contributed by atoms with E-state index in [0.717, 1.165) is 12.5 Å². The smallest absolute Gasteiger partial charge is 0.306 e. The van der Waals surface area contributed by atoms with E-state index in [-0.39, 0.29) is 0 Å². The van der Waals surface area contributed by atoms with Gasteiger partial charge in [0.2, 0.25) is 9.76 Å². The van der Waals surface area contributed by atoms with Crippen LogP contribution in [0, 0.1) is 0 Å². The summed E-state index contributed by atoms with van der Waals surface area (Å²) in [4.78, 5) is 15.1. The van der Waals surface area contributed by atoms with Crippen molar-refractivity contribution in [1.29, 1.82) is 0 Å². The Morgan fingerprint density at radius 2 is 2.27 bits per heavy atom. The van der Waals surface area contributed by atoms with Crippen molar-refractivity contribution in [2.75, 3.05) is 0 Å². The zero-order valence-electron chi connectivity index (χ0n) is 7.05. The zero-order chi connectivity index (χ0) is 8.69. The molecule has 0 aromatic carbocycles. The standard InChI is InChI=1S/C7H14O3Si/c1-4-5-11-10-9-7(8)6(2)3/h2,4-5,11H2,1,3H3. The topological polar surface area (TPSA) is 35.5 Å². The molecule has 0 bridgehead atoms. The molecule has 0 aromatic rings. The maximum Gasteiger partial charge on any atom is 0.366 e. The molecular weight excluding hydrogens is 160 g/mol. The first-order valence-corrected chi connectivity index (χ1v) is 5.25. The van der Waals surface area contributed by atoms with Crippen LogP contribution in [0.1, 0.15) is 20.3 Å². The fraction of sp³-hybridized carbons (Fsp3) is 0.571. The molecular formula is C7H14O3Si. The van der Waals surface area contributed by atoms with Gasteiger partial charge < -0.3 is 4.89 Å². The first-order valence-electron chi connectivity index (χ1n) is 3.67. The van der Waals surface area contributed by atoms with Gasteiger partial charge in [-0.1, -0.05) is 19.9 Å². The van der Waals surface area contributed by atoms with Crippen LogP contribution in [-0.2, 0) is 14.3 Å². The molecule has 11 heavy (non-hydrogen) atoms. The van der Waals surface area contributed by atoms with E-state index in [1.165, 1.54) is 0 Å². The average molecular weight is 174 g/mol. The molecule has 4 heteroatoms. The Morgan fingerprint density at radius 1 is 1.64 bits per heavy atom. The van der Waals surface area contributed by atoms with Gasteiger partial charge in [0, 0.05) is 5.57 Å². The highest BCUT2D eigenvalue weighted by Gasteiger charge is 2.02. The third-order valence-corrected chi connectivity index (χ3v) is 2.34. The normalized spacial score (nSPS) is 10.4. The monoisotopic (exact) mass is 174 g/mol. The predicted octanol–water partition coefficient (Wildman–Crippen LogP) is 0.949. The molecule has 0 radical (unpaired) electrons. The van der Waals surface area contributed by atoms with Gasteiger partial charge >= 0.3 is 5.97 Å². The van der Waals surface area contributed by atoms with E-state index in [1.807, 2.05) is 0 Å². The Labute approximate surface area is 69.3 Å². The van der Waals surface area contributed by atoms with Gasteiger partial charge in [-0.3, -0.25) is 0 Å². The van der Waals surface area contributed by atoms with Crippen molar-refractivity contribution >= 4 is 15.7 Å². The molecule has 0 rings (SSSR count). The molecule has 0 amide bonds. The van der Waals surface area contributed by atoms with Crippen LogP contribution in [0.2, 0.25) is 6.04 Å². The highest BCUT2D eigenvalue weighted by Crippen LogP contribution is 1.93. The number of carbonyl (C=O) groups excluding carboxylic acids is 1. The Bertz CT molecular complexity index is 145. The molecule has 0 atom stereocenters. The second-order valence-corrected chi connectivity index (χ2v) is 3.68. The fourth-order valence-electron chi connectivity index (χ4n) is 0.370. The van der Waals surface area contributed by atoms with Crippen molar-refractivity contribution in [2.45, 2.75) is 26.3 Å². The van der Waals surface area contributed by atoms with Gasteiger partial charge in [0.25, 0.3) is 0 Å². The lowest BCUT2D eigenvalue weighted by Gasteiger charge is -2.01. The Kier molecular flexibility index (Phi) is 5.78. The minimum Gasteiger partial charge on any atom is -0.306 e. The molecule has 0 spiro atoms. The molecule has 0 heterocycles. The number of hydrogen-bond acceptors (Lipinski definition) is 3. The van der Waals surface area contributed by atoms with Gasteiger partial charge in [-0.25, -0.2) is 9.37 Å². The van der Waals surface area contributed by atoms with Crippen LogP contribution in [0.3, 0.4) is 0 Å². The van der Waals surface area contributed by atoms with E-state index in [4.69, 9.17) is 4.58 Å². The second-order valence-electron chi connectivity index (χ2n) is 2.33. The van der Waals surface area contributed by atoms with Crippen LogP contribution in [0.25, 0.3) is 0 Å². The molecule has 0 N–H and O–H groups in total. The van der Waals surface area contributed by atoms with E-state index in [9.17, 15) is 4.79 Å². The highest BCUT2D eigenvalue weighted by molar-refractivity contribution is 6.26. The largest absolute Gasteiger partial charge is 0.366 e. The van der Waals surface area contributed by atoms with E-state index in [2.05, 4.69) is 18.4 Å². The van der Waals surface area contributed by atoms with Gasteiger partial charge in [-0.2, -0.15) is 0 Å². The first-order chi connectivity index (χ1) is 5.18. The minimum atomic E-state index is -0.648. The van der Waals surface area contributed by atoms with E-state index in [1.54, 1.807) is 6.92 Å². The summed E-state index contributed by atoms with van der Waals surface area (Å²) < 4.78 is 4.73. The lowest BCUT2D eigenvalue weighted by Crippen LogP contribution is -2.08. The summed E-state index contributed by atoms with van der Waals surface area (Å²) in [5.74, 6) is -0.464. The molecule has 0 aliphatic heterocycles. The maximum absolute atomic E-state index is 10.7. The van der Waals surface area contributed by atoms with Crippen molar-refractivity contribution in [3.05, 3.63) is 12.2 Å². The van der Waals surface area contributed by atoms with Crippen LogP contribution in [0.5, 0.6) is 0 Å². The highest BCUT2D eigenvalue weighted by atomic mass is 28.2. The maximum atomic E-state index is 10.7. The third-order valence-electron chi connectivity index (χ3n) is 1.06. The molecule has 0 unspecified atom stereocenters. The second kappa shape index (κ2) is 6.12. The van der Waals surface area contributed by atoms with Gasteiger partial charge in [-0.15, -0.1) is 0 Å². The molecule has 0 aliphatic rings. The van der Waals surface area contributed by atoms with Crippen molar-refractivity contribution in [3.63, 3.8) is 0 Å². The quantitative estimate of drug-likeness (QED) is 0.205. The summed E-state index contributed by atoms with van der Waals surface area (Å²) in [5, 5.41) is 0. The summed E-state index contributed by atoms with van der Waals surface area (Å²) in [5.41, 5.74) is 0.371. The zero-order valence-corrected chi connectivity index (χ0v) is 8.47. The molecule has 0 saturated heterocycles. The van der Waals surface area contributed by atoms with E-state index in [0.29, 0.717) is 5.57 Å². The third kappa shape index (κ3) is 5.81. The predicted molar refractivity (Wildman–Crippen MR) is 45.6 cm³/mol. The summed E-state index contributed by atoms with van der Waals surface area (Å²) in [6, 6.07) is 1.03. The molecule has 0 aliphatic carbocycles. The number of hydrogen-bond donors (Lipinski definition) is 0. The number of rotatable bonds is 5. The van der Waals surface area contributed by atoms with Crippen LogP contribution in [-0.4, -0.2) is 15.7 Å². The lowest BCUT2D eigenvalue weighted by atomic mass is 10.4. The Balaban J connectivity index is 3.25. The van der Waals surface area contributed by atoms with Crippen LogP contribution in [0.15, 0.2) is 12.2 Å². The molecule has 0 saturated carbocycles. The summed E-state index contributed by atoms with van der Waals surface area (Å²) >= 11 is 0. The molecule has 0 fully saturated rings. The molecule has 64 valence electrons. The first kappa shape index (κ1) is 10.4. The molecule has 0 aromatic heterocycles. The van der Waals surface area contributed by atoms with E-state index >= 15 is 0 Å². The Morgan fingerprint density at radius 3 is 2.73 bits per heavy atom. The number of carbonyl (C=O) groups is 1. The summed E-state index contributed by atoms with van der Waals surface area (Å²) in [6.07, 6.45) is 1.08. The van der Waals surface area contributed by atoms with Crippen molar-refractivity contribution in [3.8, 4) is 0 Å². The fourth-order valence-corrected chi connectivity index (χ4v) is 0.966. The Hall–Kier alpha value is -0.613. The van der Waals surface area contributed by atoms with Gasteiger partial charge in [0.1, 0.15) is 0 Å². The molecule has 3 nitrogen and oxygen atoms in total. The lowest BCUT2D eigenvalue weighted by molar-refractivity contribution is -0.209. The van der Waals surface area contributed by atoms with E-state index < -0.39 is 15.7 Å². The van der Waals surface area contributed by atoms with Crippen LogP contribution < -0.4 is 0 Å². The van der Waals surface area contributed by atoms with Crippen molar-refractivity contribution < 1.29 is 14.3 Å². The average Bonchev–Trinajstić information content (AvgIpc) is 1.97. The van der Waals surface area contributed by atoms with Crippen LogP contribution >= 0.6 is 0 Å². The summed E-state index contributed by atoms with van der Waals surface area (Å²) in [7, 11) is -0.648. The van der Waals surface area contributed by atoms with Crippen molar-refractivity contribution in [1.82, 2.24) is 0 Å². The van der Waals surface area contributed by atoms with Crippen LogP contribution in [0.4, 0.5) is 0 Å². The van der Waals surface area contributed by atoms with Gasteiger partial charge in [0.15, 0.2) is 0 Å². The SMILES string of the molecule is C=C(C)C(=O)OO[SiH2]CCC. The minimum absolute atomic E-state index is 0.371. The van der Waals surface area contributed by atoms with Crippen molar-refractivity contribution in [2.24, 2.45) is 0 Å². The summed E-state index contributed by atoms with van der Waals surface area (Å²) in [6.45, 7) is 7.07.